The molecule has 2 N–H and O–H groups in total. The van der Waals surface area contributed by atoms with E-state index in [1.54, 1.807) is 6.08 Å². The van der Waals surface area contributed by atoms with Gasteiger partial charge in [-0.25, -0.2) is 4.39 Å². The Hall–Kier alpha value is -2.08. The molecule has 4 nitrogen and oxygen atoms in total. The number of dihydropyridines is 1. The Morgan fingerprint density at radius 2 is 2.07 bits per heavy atom. The molecule has 0 aromatic heterocycles. The molecule has 0 atom stereocenters. The van der Waals surface area contributed by atoms with E-state index in [9.17, 15) is 4.39 Å². The lowest BCUT2D eigenvalue weighted by Crippen LogP contribution is -2.44. The summed E-state index contributed by atoms with van der Waals surface area (Å²) < 4.78 is 13.6. The molecule has 1 aromatic carbocycles. The second kappa shape index (κ2) is 8.95. The van der Waals surface area contributed by atoms with Crippen LogP contribution in [0.3, 0.4) is 0 Å². The molecule has 0 bridgehead atoms. The van der Waals surface area contributed by atoms with Crippen LogP contribution in [0.5, 0.6) is 0 Å². The van der Waals surface area contributed by atoms with Gasteiger partial charge in [-0.3, -0.25) is 0 Å². The van der Waals surface area contributed by atoms with Gasteiger partial charge in [0.2, 0.25) is 0 Å². The zero-order valence-electron chi connectivity index (χ0n) is 15.9. The number of nitrogens with one attached hydrogen (secondary N) is 2. The van der Waals surface area contributed by atoms with Crippen molar-refractivity contribution in [2.45, 2.75) is 25.4 Å². The van der Waals surface area contributed by atoms with Gasteiger partial charge in [-0.15, -0.1) is 0 Å². The van der Waals surface area contributed by atoms with Gasteiger partial charge in [0.1, 0.15) is 5.83 Å². The number of piperidine rings is 1. The first-order chi connectivity index (χ1) is 13.7. The first-order valence-electron chi connectivity index (χ1n) is 9.87. The smallest absolute Gasteiger partial charge is 0.141 e. The number of halogens is 2. The van der Waals surface area contributed by atoms with Crippen LogP contribution in [0, 0.1) is 0 Å². The highest BCUT2D eigenvalue weighted by Crippen LogP contribution is 2.24. The van der Waals surface area contributed by atoms with Crippen molar-refractivity contribution >= 4 is 11.6 Å². The minimum atomic E-state index is -0.237. The van der Waals surface area contributed by atoms with Crippen molar-refractivity contribution in [2.24, 2.45) is 0 Å². The second-order valence-corrected chi connectivity index (χ2v) is 7.88. The highest BCUT2D eigenvalue weighted by molar-refractivity contribution is 6.30. The van der Waals surface area contributed by atoms with Gasteiger partial charge in [0.05, 0.1) is 11.4 Å². The van der Waals surface area contributed by atoms with Crippen molar-refractivity contribution in [2.75, 3.05) is 26.2 Å². The fourth-order valence-corrected chi connectivity index (χ4v) is 4.09. The zero-order chi connectivity index (χ0) is 19.3. The number of hydrogen-bond donors (Lipinski definition) is 2. The number of allylic oxidation sites excluding steroid dienone is 4. The van der Waals surface area contributed by atoms with Crippen molar-refractivity contribution < 1.29 is 4.39 Å². The molecule has 4 rings (SSSR count). The van der Waals surface area contributed by atoms with Crippen molar-refractivity contribution in [3.05, 3.63) is 82.7 Å². The van der Waals surface area contributed by atoms with Crippen LogP contribution >= 0.6 is 11.6 Å². The van der Waals surface area contributed by atoms with Gasteiger partial charge in [-0.1, -0.05) is 23.7 Å². The molecule has 0 aliphatic carbocycles. The molecule has 0 unspecified atom stereocenters. The molecule has 0 amide bonds. The zero-order valence-corrected chi connectivity index (χ0v) is 16.6. The van der Waals surface area contributed by atoms with Gasteiger partial charge in [0.15, 0.2) is 0 Å². The summed E-state index contributed by atoms with van der Waals surface area (Å²) in [4.78, 5) is 4.62. The number of fused-ring (bicyclic) bond motifs is 1. The van der Waals surface area contributed by atoms with Crippen LogP contribution in [0.1, 0.15) is 18.4 Å². The molecule has 1 saturated heterocycles. The summed E-state index contributed by atoms with van der Waals surface area (Å²) >= 11 is 6.06. The predicted octanol–water partition coefficient (Wildman–Crippen LogP) is 3.91. The standard InChI is InChI=1S/C22H26ClFN4/c23-18-4-1-3-17(13-18)15-25-20-6-9-27(10-7-20)11-12-28-8-2-5-21-22(28)14-19(24)16-26-21/h1-5,8,13-14,16,20,25-26H,6-7,9-12,15H2. The Morgan fingerprint density at radius 3 is 2.89 bits per heavy atom. The van der Waals surface area contributed by atoms with Crippen molar-refractivity contribution in [3.63, 3.8) is 0 Å². The number of likely N-dealkylation sites (tertiary alicyclic amines) is 1. The largest absolute Gasteiger partial charge is 0.357 e. The van der Waals surface area contributed by atoms with Crippen molar-refractivity contribution in [1.29, 1.82) is 0 Å². The molecule has 1 aromatic rings. The third-order valence-corrected chi connectivity index (χ3v) is 5.72. The molecule has 3 aliphatic rings. The predicted molar refractivity (Wildman–Crippen MR) is 112 cm³/mol. The van der Waals surface area contributed by atoms with Gasteiger partial charge < -0.3 is 20.4 Å². The first kappa shape index (κ1) is 19.2. The highest BCUT2D eigenvalue weighted by atomic mass is 35.5. The lowest BCUT2D eigenvalue weighted by molar-refractivity contribution is 0.186. The van der Waals surface area contributed by atoms with Crippen LogP contribution in [-0.2, 0) is 6.54 Å². The summed E-state index contributed by atoms with van der Waals surface area (Å²) in [7, 11) is 0. The summed E-state index contributed by atoms with van der Waals surface area (Å²) in [5.74, 6) is -0.237. The Labute approximate surface area is 171 Å². The lowest BCUT2D eigenvalue weighted by atomic mass is 10.0. The summed E-state index contributed by atoms with van der Waals surface area (Å²) in [5.41, 5.74) is 3.08. The fraction of sp³-hybridized carbons (Fsp3) is 0.364. The SMILES string of the molecule is FC1=CNC2=CC=CN(CCN3CCC(NCc4cccc(Cl)c4)CC3)C2=C1. The van der Waals surface area contributed by atoms with Crippen LogP contribution in [0.25, 0.3) is 0 Å². The molecule has 3 aliphatic heterocycles. The van der Waals surface area contributed by atoms with Gasteiger partial charge in [-0.05, 0) is 55.8 Å². The van der Waals surface area contributed by atoms with E-state index in [4.69, 9.17) is 11.6 Å². The summed E-state index contributed by atoms with van der Waals surface area (Å²) in [6.45, 7) is 4.85. The van der Waals surface area contributed by atoms with Crippen LogP contribution < -0.4 is 10.6 Å². The Kier molecular flexibility index (Phi) is 6.15. The topological polar surface area (TPSA) is 30.5 Å². The first-order valence-corrected chi connectivity index (χ1v) is 10.2. The molecule has 0 radical (unpaired) electrons. The molecule has 148 valence electrons. The van der Waals surface area contributed by atoms with E-state index in [2.05, 4.69) is 26.5 Å². The monoisotopic (exact) mass is 400 g/mol. The number of rotatable bonds is 6. The normalized spacial score (nSPS) is 20.2. The van der Waals surface area contributed by atoms with E-state index in [1.165, 1.54) is 11.8 Å². The van der Waals surface area contributed by atoms with Crippen LogP contribution in [0.4, 0.5) is 4.39 Å². The third kappa shape index (κ3) is 4.85. The van der Waals surface area contributed by atoms with E-state index in [-0.39, 0.29) is 5.83 Å². The molecular formula is C22H26ClFN4. The molecule has 28 heavy (non-hydrogen) atoms. The average molecular weight is 401 g/mol. The van der Waals surface area contributed by atoms with E-state index >= 15 is 0 Å². The quantitative estimate of drug-likeness (QED) is 0.758. The summed E-state index contributed by atoms with van der Waals surface area (Å²) in [5, 5.41) is 7.45. The summed E-state index contributed by atoms with van der Waals surface area (Å²) in [6, 6.07) is 8.57. The Balaban J connectivity index is 1.21. The fourth-order valence-electron chi connectivity index (χ4n) is 3.88. The third-order valence-electron chi connectivity index (χ3n) is 5.48. The molecule has 6 heteroatoms. The maximum absolute atomic E-state index is 13.6. The Bertz CT molecular complexity index is 822. The number of hydrogen-bond acceptors (Lipinski definition) is 4. The summed E-state index contributed by atoms with van der Waals surface area (Å²) in [6.07, 6.45) is 11.3. The van der Waals surface area contributed by atoms with E-state index in [0.717, 1.165) is 62.0 Å². The van der Waals surface area contributed by atoms with Gasteiger partial charge in [-0.2, -0.15) is 0 Å². The van der Waals surface area contributed by atoms with Crippen LogP contribution in [0.15, 0.2) is 72.1 Å². The maximum Gasteiger partial charge on any atom is 0.141 e. The van der Waals surface area contributed by atoms with E-state index < -0.39 is 0 Å². The van der Waals surface area contributed by atoms with Gasteiger partial charge in [0.25, 0.3) is 0 Å². The molecule has 0 spiro atoms. The van der Waals surface area contributed by atoms with E-state index in [0.29, 0.717) is 6.04 Å². The molecule has 1 fully saturated rings. The maximum atomic E-state index is 13.6. The minimum Gasteiger partial charge on any atom is -0.357 e. The van der Waals surface area contributed by atoms with E-state index in [1.807, 2.05) is 36.6 Å². The molecular weight excluding hydrogens is 375 g/mol. The van der Waals surface area contributed by atoms with Gasteiger partial charge in [0, 0.05) is 49.2 Å². The van der Waals surface area contributed by atoms with Crippen molar-refractivity contribution in [1.82, 2.24) is 20.4 Å². The van der Waals surface area contributed by atoms with Gasteiger partial charge >= 0.3 is 0 Å². The minimum absolute atomic E-state index is 0.237. The number of nitrogens with zero attached hydrogens (tertiary/aromatic N) is 2. The average Bonchev–Trinajstić information content (AvgIpc) is 2.71. The number of benzene rings is 1. The second-order valence-electron chi connectivity index (χ2n) is 7.45. The van der Waals surface area contributed by atoms with Crippen molar-refractivity contribution in [3.8, 4) is 0 Å². The van der Waals surface area contributed by atoms with Crippen LogP contribution in [-0.4, -0.2) is 42.0 Å². The highest BCUT2D eigenvalue weighted by Gasteiger charge is 2.22. The molecule has 0 saturated carbocycles. The molecule has 3 heterocycles. The Morgan fingerprint density at radius 1 is 1.21 bits per heavy atom. The van der Waals surface area contributed by atoms with Crippen LogP contribution in [0.2, 0.25) is 5.02 Å². The lowest BCUT2D eigenvalue weighted by Gasteiger charge is -2.35.